The second kappa shape index (κ2) is 4.58. The Balaban J connectivity index is 2.19. The summed E-state index contributed by atoms with van der Waals surface area (Å²) < 4.78 is 4.51. The first-order chi connectivity index (χ1) is 8.10. The van der Waals surface area contributed by atoms with Gasteiger partial charge in [-0.3, -0.25) is 9.59 Å². The van der Waals surface area contributed by atoms with Crippen molar-refractivity contribution in [2.45, 2.75) is 12.5 Å². The fourth-order valence-corrected chi connectivity index (χ4v) is 1.64. The van der Waals surface area contributed by atoms with Crippen molar-refractivity contribution < 1.29 is 14.3 Å². The van der Waals surface area contributed by atoms with Gasteiger partial charge in [-0.2, -0.15) is 0 Å². The number of pyridine rings is 1. The van der Waals surface area contributed by atoms with E-state index in [2.05, 4.69) is 20.4 Å². The summed E-state index contributed by atoms with van der Waals surface area (Å²) in [5.74, 6) is -0.318. The van der Waals surface area contributed by atoms with Gasteiger partial charge in [0.25, 0.3) is 0 Å². The fraction of sp³-hybridized carbons (Fsp3) is 0.300. The summed E-state index contributed by atoms with van der Waals surface area (Å²) in [5.41, 5.74) is 0.542. The van der Waals surface area contributed by atoms with E-state index in [1.165, 1.54) is 7.11 Å². The number of esters is 1. The van der Waals surface area contributed by atoms with Gasteiger partial charge in [-0.25, -0.2) is 4.98 Å². The number of carbonyl (C=O) groups is 2. The maximum atomic E-state index is 11.7. The molecular formula is C10H10ClN3O3. The van der Waals surface area contributed by atoms with Gasteiger partial charge in [0, 0.05) is 0 Å². The van der Waals surface area contributed by atoms with Crippen LogP contribution in [0.3, 0.4) is 0 Å². The van der Waals surface area contributed by atoms with Crippen molar-refractivity contribution in [1.29, 1.82) is 0 Å². The smallest absolute Gasteiger partial charge is 0.308 e. The first-order valence-corrected chi connectivity index (χ1v) is 5.28. The summed E-state index contributed by atoms with van der Waals surface area (Å²) in [5, 5.41) is 5.79. The quantitative estimate of drug-likeness (QED) is 0.609. The van der Waals surface area contributed by atoms with Crippen LogP contribution in [0, 0.1) is 0 Å². The number of fused-ring (bicyclic) bond motifs is 1. The average Bonchev–Trinajstić information content (AvgIpc) is 2.30. The second-order valence-electron chi connectivity index (χ2n) is 3.50. The maximum Gasteiger partial charge on any atom is 0.308 e. The average molecular weight is 256 g/mol. The molecule has 0 radical (unpaired) electrons. The molecule has 17 heavy (non-hydrogen) atoms. The van der Waals surface area contributed by atoms with Crippen LogP contribution in [-0.2, 0) is 14.3 Å². The third-order valence-electron chi connectivity index (χ3n) is 2.35. The Morgan fingerprint density at radius 3 is 3.06 bits per heavy atom. The van der Waals surface area contributed by atoms with E-state index in [9.17, 15) is 9.59 Å². The number of nitrogens with zero attached hydrogens (tertiary/aromatic N) is 1. The molecule has 1 aliphatic heterocycles. The Hall–Kier alpha value is -1.82. The zero-order valence-electron chi connectivity index (χ0n) is 8.99. The SMILES string of the molecule is COC(=O)CC1Nc2nc(Cl)ccc2NC1=O. The van der Waals surface area contributed by atoms with Gasteiger partial charge in [0.15, 0.2) is 5.82 Å². The van der Waals surface area contributed by atoms with Crippen molar-refractivity contribution in [3.63, 3.8) is 0 Å². The number of nitrogens with one attached hydrogen (secondary N) is 2. The van der Waals surface area contributed by atoms with Crippen molar-refractivity contribution >= 4 is 35.0 Å². The minimum absolute atomic E-state index is 0.0596. The van der Waals surface area contributed by atoms with Crippen LogP contribution < -0.4 is 10.6 Å². The minimum Gasteiger partial charge on any atom is -0.469 e. The van der Waals surface area contributed by atoms with Crippen LogP contribution in [0.25, 0.3) is 0 Å². The Bertz CT molecular complexity index is 478. The molecule has 0 saturated carbocycles. The largest absolute Gasteiger partial charge is 0.469 e. The minimum atomic E-state index is -0.694. The highest BCUT2D eigenvalue weighted by molar-refractivity contribution is 6.29. The van der Waals surface area contributed by atoms with E-state index >= 15 is 0 Å². The molecule has 0 aliphatic carbocycles. The highest BCUT2D eigenvalue weighted by Gasteiger charge is 2.28. The normalized spacial score (nSPS) is 17.8. The van der Waals surface area contributed by atoms with Crippen molar-refractivity contribution in [3.05, 3.63) is 17.3 Å². The number of anilines is 2. The molecule has 0 spiro atoms. The molecule has 2 heterocycles. The summed E-state index contributed by atoms with van der Waals surface area (Å²) >= 11 is 5.74. The molecule has 2 rings (SSSR count). The molecule has 1 unspecified atom stereocenters. The molecule has 2 N–H and O–H groups in total. The summed E-state index contributed by atoms with van der Waals surface area (Å²) in [6, 6.07) is 2.52. The van der Waals surface area contributed by atoms with E-state index < -0.39 is 12.0 Å². The molecule has 90 valence electrons. The number of halogens is 1. The second-order valence-corrected chi connectivity index (χ2v) is 3.88. The van der Waals surface area contributed by atoms with Crippen LogP contribution in [0.4, 0.5) is 11.5 Å². The topological polar surface area (TPSA) is 80.3 Å². The zero-order valence-corrected chi connectivity index (χ0v) is 9.75. The summed E-state index contributed by atoms with van der Waals surface area (Å²) in [4.78, 5) is 26.8. The van der Waals surface area contributed by atoms with Gasteiger partial charge in [-0.15, -0.1) is 0 Å². The first-order valence-electron chi connectivity index (χ1n) is 4.91. The predicted octanol–water partition coefficient (Wildman–Crippen LogP) is 1.03. The van der Waals surface area contributed by atoms with E-state index in [-0.39, 0.29) is 12.3 Å². The number of methoxy groups -OCH3 is 1. The first kappa shape index (κ1) is 11.7. The van der Waals surface area contributed by atoms with Crippen LogP contribution in [0.15, 0.2) is 12.1 Å². The Labute approximate surface area is 102 Å². The number of hydrogen-bond acceptors (Lipinski definition) is 5. The number of rotatable bonds is 2. The molecular weight excluding hydrogens is 246 g/mol. The highest BCUT2D eigenvalue weighted by atomic mass is 35.5. The fourth-order valence-electron chi connectivity index (χ4n) is 1.49. The Morgan fingerprint density at radius 2 is 2.35 bits per heavy atom. The lowest BCUT2D eigenvalue weighted by molar-refractivity contribution is -0.142. The van der Waals surface area contributed by atoms with E-state index in [4.69, 9.17) is 11.6 Å². The highest BCUT2D eigenvalue weighted by Crippen LogP contribution is 2.26. The van der Waals surface area contributed by atoms with Crippen LogP contribution >= 0.6 is 11.6 Å². The Morgan fingerprint density at radius 1 is 1.59 bits per heavy atom. The third kappa shape index (κ3) is 2.47. The molecule has 6 nitrogen and oxygen atoms in total. The summed E-state index contributed by atoms with van der Waals surface area (Å²) in [6.07, 6.45) is -0.0596. The monoisotopic (exact) mass is 255 g/mol. The lowest BCUT2D eigenvalue weighted by Gasteiger charge is -2.25. The van der Waals surface area contributed by atoms with Gasteiger partial charge >= 0.3 is 5.97 Å². The molecule has 1 aromatic rings. The summed E-state index contributed by atoms with van der Waals surface area (Å²) in [6.45, 7) is 0. The zero-order chi connectivity index (χ0) is 12.4. The molecule has 0 aromatic carbocycles. The lowest BCUT2D eigenvalue weighted by Crippen LogP contribution is -2.40. The van der Waals surface area contributed by atoms with E-state index in [0.29, 0.717) is 16.7 Å². The van der Waals surface area contributed by atoms with Crippen molar-refractivity contribution in [2.24, 2.45) is 0 Å². The number of carbonyl (C=O) groups excluding carboxylic acids is 2. The van der Waals surface area contributed by atoms with Gasteiger partial charge in [0.05, 0.1) is 19.2 Å². The van der Waals surface area contributed by atoms with Gasteiger partial charge in [-0.05, 0) is 12.1 Å². The number of ether oxygens (including phenoxy) is 1. The van der Waals surface area contributed by atoms with E-state index in [1.54, 1.807) is 12.1 Å². The molecule has 1 atom stereocenters. The maximum absolute atomic E-state index is 11.7. The number of aromatic nitrogens is 1. The molecule has 0 bridgehead atoms. The van der Waals surface area contributed by atoms with Crippen molar-refractivity contribution in [1.82, 2.24) is 4.98 Å². The lowest BCUT2D eigenvalue weighted by atomic mass is 10.1. The van der Waals surface area contributed by atoms with Gasteiger partial charge in [0.2, 0.25) is 5.91 Å². The van der Waals surface area contributed by atoms with Gasteiger partial charge < -0.3 is 15.4 Å². The van der Waals surface area contributed by atoms with Gasteiger partial charge in [-0.1, -0.05) is 11.6 Å². The molecule has 1 amide bonds. The van der Waals surface area contributed by atoms with Crippen LogP contribution in [-0.4, -0.2) is 30.0 Å². The van der Waals surface area contributed by atoms with Crippen LogP contribution in [0.2, 0.25) is 5.15 Å². The van der Waals surface area contributed by atoms with Crippen molar-refractivity contribution in [2.75, 3.05) is 17.7 Å². The molecule has 1 aromatic heterocycles. The van der Waals surface area contributed by atoms with E-state index in [1.807, 2.05) is 0 Å². The standard InChI is InChI=1S/C10H10ClN3O3/c1-17-8(15)4-6-10(16)13-5-2-3-7(11)14-9(5)12-6/h2-3,6H,4H2,1H3,(H,12,14)(H,13,16). The number of hydrogen-bond donors (Lipinski definition) is 2. The third-order valence-corrected chi connectivity index (χ3v) is 2.56. The molecule has 0 saturated heterocycles. The van der Waals surface area contributed by atoms with Crippen LogP contribution in [0.1, 0.15) is 6.42 Å². The van der Waals surface area contributed by atoms with Crippen molar-refractivity contribution in [3.8, 4) is 0 Å². The molecule has 1 aliphatic rings. The predicted molar refractivity (Wildman–Crippen MR) is 61.9 cm³/mol. The Kier molecular flexibility index (Phi) is 3.14. The van der Waals surface area contributed by atoms with Gasteiger partial charge in [0.1, 0.15) is 11.2 Å². The molecule has 0 fully saturated rings. The number of amides is 1. The van der Waals surface area contributed by atoms with E-state index in [0.717, 1.165) is 0 Å². The molecule has 7 heteroatoms. The van der Waals surface area contributed by atoms with Crippen LogP contribution in [0.5, 0.6) is 0 Å². The summed E-state index contributed by atoms with van der Waals surface area (Å²) in [7, 11) is 1.27.